The number of rotatable bonds is 4. The first-order valence-corrected chi connectivity index (χ1v) is 6.90. The molecule has 2 rings (SSSR count). The maximum absolute atomic E-state index is 12.7. The fourth-order valence-electron chi connectivity index (χ4n) is 1.48. The Balaban J connectivity index is 2.24. The van der Waals surface area contributed by atoms with E-state index in [0.29, 0.717) is 0 Å². The molecule has 2 aromatic carbocycles. The lowest BCUT2D eigenvalue weighted by Gasteiger charge is -2.07. The van der Waals surface area contributed by atoms with Gasteiger partial charge in [-0.3, -0.25) is 14.8 Å². The smallest absolute Gasteiger partial charge is 0.269 e. The van der Waals surface area contributed by atoms with E-state index in [-0.39, 0.29) is 16.3 Å². The standard InChI is InChI=1S/C12H9FN2O4S/c13-9-1-7-12(8-2-9)20(18,19)14-10-3-5-11(6-4-10)15(16)17/h1-8,14H. The Morgan fingerprint density at radius 3 is 2.05 bits per heavy atom. The fraction of sp³-hybridized carbons (Fsp3) is 0. The molecule has 6 nitrogen and oxygen atoms in total. The van der Waals surface area contributed by atoms with E-state index in [4.69, 9.17) is 0 Å². The van der Waals surface area contributed by atoms with Crippen LogP contribution >= 0.6 is 0 Å². The molecule has 0 amide bonds. The van der Waals surface area contributed by atoms with Crippen LogP contribution in [0.4, 0.5) is 15.8 Å². The summed E-state index contributed by atoms with van der Waals surface area (Å²) >= 11 is 0. The van der Waals surface area contributed by atoms with E-state index in [1.54, 1.807) is 0 Å². The van der Waals surface area contributed by atoms with Crippen molar-refractivity contribution in [3.63, 3.8) is 0 Å². The van der Waals surface area contributed by atoms with E-state index >= 15 is 0 Å². The van der Waals surface area contributed by atoms with Crippen LogP contribution in [-0.4, -0.2) is 13.3 Å². The van der Waals surface area contributed by atoms with E-state index in [1.165, 1.54) is 24.3 Å². The van der Waals surface area contributed by atoms with Gasteiger partial charge in [0.2, 0.25) is 0 Å². The summed E-state index contributed by atoms with van der Waals surface area (Å²) in [6.45, 7) is 0. The van der Waals surface area contributed by atoms with Crippen molar-refractivity contribution in [3.8, 4) is 0 Å². The molecule has 0 radical (unpaired) electrons. The lowest BCUT2D eigenvalue weighted by molar-refractivity contribution is -0.384. The number of nitro groups is 1. The highest BCUT2D eigenvalue weighted by molar-refractivity contribution is 7.92. The number of hydrogen-bond acceptors (Lipinski definition) is 4. The SMILES string of the molecule is O=[N+]([O-])c1ccc(NS(=O)(=O)c2ccc(F)cc2)cc1. The van der Waals surface area contributed by atoms with Crippen molar-refractivity contribution in [2.75, 3.05) is 4.72 Å². The summed E-state index contributed by atoms with van der Waals surface area (Å²) in [6, 6.07) is 9.24. The molecular weight excluding hydrogens is 287 g/mol. The summed E-state index contributed by atoms with van der Waals surface area (Å²) < 4.78 is 38.9. The van der Waals surface area contributed by atoms with Crippen LogP contribution in [0.3, 0.4) is 0 Å². The van der Waals surface area contributed by atoms with Crippen LogP contribution in [0.1, 0.15) is 0 Å². The van der Waals surface area contributed by atoms with Crippen molar-refractivity contribution >= 4 is 21.4 Å². The van der Waals surface area contributed by atoms with Crippen LogP contribution < -0.4 is 4.72 Å². The highest BCUT2D eigenvalue weighted by Crippen LogP contribution is 2.19. The molecule has 0 aliphatic heterocycles. The van der Waals surface area contributed by atoms with Gasteiger partial charge < -0.3 is 0 Å². The minimum atomic E-state index is -3.85. The van der Waals surface area contributed by atoms with Gasteiger partial charge in [0.15, 0.2) is 0 Å². The molecule has 0 saturated carbocycles. The van der Waals surface area contributed by atoms with Crippen LogP contribution in [-0.2, 0) is 10.0 Å². The predicted octanol–water partition coefficient (Wildman–Crippen LogP) is 2.53. The average molecular weight is 296 g/mol. The Bertz CT molecular complexity index is 727. The monoisotopic (exact) mass is 296 g/mol. The highest BCUT2D eigenvalue weighted by atomic mass is 32.2. The second-order valence-electron chi connectivity index (χ2n) is 3.86. The van der Waals surface area contributed by atoms with Crippen molar-refractivity contribution < 1.29 is 17.7 Å². The summed E-state index contributed by atoms with van der Waals surface area (Å²) in [4.78, 5) is 9.80. The van der Waals surface area contributed by atoms with Crippen LogP contribution in [0.25, 0.3) is 0 Å². The lowest BCUT2D eigenvalue weighted by Crippen LogP contribution is -2.12. The molecule has 104 valence electrons. The number of sulfonamides is 1. The number of halogens is 1. The lowest BCUT2D eigenvalue weighted by atomic mass is 10.3. The molecule has 2 aromatic rings. The van der Waals surface area contributed by atoms with E-state index in [9.17, 15) is 22.9 Å². The molecule has 1 N–H and O–H groups in total. The van der Waals surface area contributed by atoms with Crippen molar-refractivity contribution in [2.45, 2.75) is 4.90 Å². The van der Waals surface area contributed by atoms with Crippen molar-refractivity contribution in [1.82, 2.24) is 0 Å². The largest absolute Gasteiger partial charge is 0.280 e. The highest BCUT2D eigenvalue weighted by Gasteiger charge is 2.14. The van der Waals surface area contributed by atoms with E-state index in [1.807, 2.05) is 0 Å². The molecule has 0 aromatic heterocycles. The molecule has 0 fully saturated rings. The Morgan fingerprint density at radius 2 is 1.55 bits per heavy atom. The molecular formula is C12H9FN2O4S. The fourth-order valence-corrected chi connectivity index (χ4v) is 2.54. The normalized spacial score (nSPS) is 11.1. The molecule has 0 unspecified atom stereocenters. The number of benzene rings is 2. The van der Waals surface area contributed by atoms with E-state index < -0.39 is 20.8 Å². The zero-order chi connectivity index (χ0) is 14.8. The number of nitrogens with one attached hydrogen (secondary N) is 1. The van der Waals surface area contributed by atoms with Gasteiger partial charge in [0, 0.05) is 17.8 Å². The number of anilines is 1. The first-order chi connectivity index (χ1) is 9.38. The second kappa shape index (κ2) is 5.25. The van der Waals surface area contributed by atoms with Crippen molar-refractivity contribution in [3.05, 3.63) is 64.5 Å². The molecule has 0 atom stereocenters. The molecule has 0 spiro atoms. The summed E-state index contributed by atoms with van der Waals surface area (Å²) in [5.41, 5.74) is 0.0367. The van der Waals surface area contributed by atoms with Gasteiger partial charge in [-0.1, -0.05) is 0 Å². The summed E-state index contributed by atoms with van der Waals surface area (Å²) in [5, 5.41) is 10.5. The summed E-state index contributed by atoms with van der Waals surface area (Å²) in [5.74, 6) is -0.542. The quantitative estimate of drug-likeness (QED) is 0.693. The van der Waals surface area contributed by atoms with Crippen molar-refractivity contribution in [2.24, 2.45) is 0 Å². The Hall–Kier alpha value is -2.48. The molecule has 0 aliphatic carbocycles. The number of nitro benzene ring substituents is 1. The van der Waals surface area contributed by atoms with Crippen molar-refractivity contribution in [1.29, 1.82) is 0 Å². The second-order valence-corrected chi connectivity index (χ2v) is 5.55. The molecule has 8 heteroatoms. The molecule has 0 heterocycles. The predicted molar refractivity (Wildman–Crippen MR) is 70.3 cm³/mol. The number of non-ortho nitro benzene ring substituents is 1. The van der Waals surface area contributed by atoms with Gasteiger partial charge >= 0.3 is 0 Å². The number of hydrogen-bond donors (Lipinski definition) is 1. The molecule has 0 aliphatic rings. The minimum absolute atomic E-state index is 0.0998. The molecule has 20 heavy (non-hydrogen) atoms. The molecule has 0 saturated heterocycles. The summed E-state index contributed by atoms with van der Waals surface area (Å²) in [6.07, 6.45) is 0. The Morgan fingerprint density at radius 1 is 1.00 bits per heavy atom. The van der Waals surface area contributed by atoms with Crippen LogP contribution in [0.15, 0.2) is 53.4 Å². The van der Waals surface area contributed by atoms with E-state index in [2.05, 4.69) is 4.72 Å². The van der Waals surface area contributed by atoms with Gasteiger partial charge in [-0.25, -0.2) is 12.8 Å². The zero-order valence-corrected chi connectivity index (χ0v) is 10.8. The molecule has 0 bridgehead atoms. The first-order valence-electron chi connectivity index (χ1n) is 5.41. The third-order valence-electron chi connectivity index (χ3n) is 2.45. The van der Waals surface area contributed by atoms with E-state index in [0.717, 1.165) is 24.3 Å². The van der Waals surface area contributed by atoms with Crippen LogP contribution in [0.2, 0.25) is 0 Å². The minimum Gasteiger partial charge on any atom is -0.280 e. The summed E-state index contributed by atoms with van der Waals surface area (Å²) in [7, 11) is -3.85. The van der Waals surface area contributed by atoms with Gasteiger partial charge in [0.05, 0.1) is 9.82 Å². The van der Waals surface area contributed by atoms with Gasteiger partial charge in [-0.05, 0) is 36.4 Å². The van der Waals surface area contributed by atoms with Gasteiger partial charge in [-0.15, -0.1) is 0 Å². The topological polar surface area (TPSA) is 89.3 Å². The Kier molecular flexibility index (Phi) is 3.66. The maximum atomic E-state index is 12.7. The third-order valence-corrected chi connectivity index (χ3v) is 3.85. The maximum Gasteiger partial charge on any atom is 0.269 e. The van der Waals surface area contributed by atoms with Gasteiger partial charge in [0.25, 0.3) is 15.7 Å². The average Bonchev–Trinajstić information content (AvgIpc) is 2.39. The number of nitrogens with zero attached hydrogens (tertiary/aromatic N) is 1. The van der Waals surface area contributed by atoms with Crippen LogP contribution in [0, 0.1) is 15.9 Å². The van der Waals surface area contributed by atoms with Gasteiger partial charge in [0.1, 0.15) is 5.82 Å². The zero-order valence-electron chi connectivity index (χ0n) is 9.99. The third kappa shape index (κ3) is 3.09. The Labute approximate surface area is 114 Å². The van der Waals surface area contributed by atoms with Gasteiger partial charge in [-0.2, -0.15) is 0 Å². The van der Waals surface area contributed by atoms with Crippen LogP contribution in [0.5, 0.6) is 0 Å². The first kappa shape index (κ1) is 13.9.